The molecule has 0 aliphatic carbocycles. The molecule has 0 saturated heterocycles. The van der Waals surface area contributed by atoms with E-state index in [0.29, 0.717) is 54.7 Å². The summed E-state index contributed by atoms with van der Waals surface area (Å²) >= 11 is 0. The van der Waals surface area contributed by atoms with E-state index in [1.807, 2.05) is 36.4 Å². The number of hydrogen-bond acceptors (Lipinski definition) is 6. The van der Waals surface area contributed by atoms with Crippen LogP contribution >= 0.6 is 0 Å². The van der Waals surface area contributed by atoms with Gasteiger partial charge in [-0.3, -0.25) is 9.59 Å². The monoisotopic (exact) mass is 643 g/mol. The minimum atomic E-state index is -4.20. The summed E-state index contributed by atoms with van der Waals surface area (Å²) in [5.74, 6) is -2.01. The lowest BCUT2D eigenvalue weighted by molar-refractivity contribution is -0.144. The fourth-order valence-corrected chi connectivity index (χ4v) is 17.1. The molecule has 1 unspecified atom stereocenters. The highest BCUT2D eigenvalue weighted by Gasteiger charge is 2.58. The Morgan fingerprint density at radius 3 is 1.84 bits per heavy atom. The van der Waals surface area contributed by atoms with Crippen molar-refractivity contribution in [3.63, 3.8) is 0 Å². The highest BCUT2D eigenvalue weighted by Crippen LogP contribution is 2.53. The summed E-state index contributed by atoms with van der Waals surface area (Å²) in [6, 6.07) is 14.6. The highest BCUT2D eigenvalue weighted by atomic mass is 32.2. The molecule has 2 amide bonds. The molecule has 2 aromatic heterocycles. The van der Waals surface area contributed by atoms with E-state index in [9.17, 15) is 13.2 Å². The normalized spacial score (nSPS) is 18.1. The van der Waals surface area contributed by atoms with Crippen molar-refractivity contribution in [2.45, 2.75) is 76.3 Å². The van der Waals surface area contributed by atoms with E-state index in [4.69, 9.17) is 4.74 Å². The Kier molecular flexibility index (Phi) is 6.45. The zero-order valence-electron chi connectivity index (χ0n) is 26.5. The van der Waals surface area contributed by atoms with Gasteiger partial charge in [0.2, 0.25) is 15.2 Å². The molecular weight excluding hydrogens is 607 g/mol. The van der Waals surface area contributed by atoms with Gasteiger partial charge >= 0.3 is 5.97 Å². The van der Waals surface area contributed by atoms with Crippen molar-refractivity contribution >= 4 is 79.5 Å². The summed E-state index contributed by atoms with van der Waals surface area (Å²) in [5.41, 5.74) is 2.97. The van der Waals surface area contributed by atoms with E-state index in [-0.39, 0.29) is 35.0 Å². The predicted octanol–water partition coefficient (Wildman–Crippen LogP) is 7.12. The van der Waals surface area contributed by atoms with Crippen molar-refractivity contribution < 1.29 is 27.5 Å². The number of benzene rings is 3. The summed E-state index contributed by atoms with van der Waals surface area (Å²) in [6.07, 6.45) is 0. The predicted molar refractivity (Wildman–Crippen MR) is 179 cm³/mol. The maximum Gasteiger partial charge on any atom is 0.345 e. The quantitative estimate of drug-likeness (QED) is 0.111. The SMILES string of the molecule is CCOC(=O)C1n2c3ccccc3c3c4c(c5c6ccccc6n(c5c32)CS1(=O)=O)C(=O)N([Si](C(C)C)(C(C)C)C(C)C)C4=O. The van der Waals surface area contributed by atoms with E-state index in [2.05, 4.69) is 41.5 Å². The van der Waals surface area contributed by atoms with Crippen molar-refractivity contribution in [3.05, 3.63) is 59.7 Å². The maximum atomic E-state index is 15.1. The van der Waals surface area contributed by atoms with Crippen LogP contribution in [0.3, 0.4) is 0 Å². The summed E-state index contributed by atoms with van der Waals surface area (Å²) in [4.78, 5) is 43.7. The van der Waals surface area contributed by atoms with Gasteiger partial charge in [-0.1, -0.05) is 77.9 Å². The molecular formula is C34H37N3O6SSi. The molecule has 0 N–H and O–H groups in total. The number of rotatable bonds is 6. The van der Waals surface area contributed by atoms with Crippen LogP contribution in [0, 0.1) is 0 Å². The third-order valence-corrected chi connectivity index (χ3v) is 18.7. The molecule has 0 saturated carbocycles. The third kappa shape index (κ3) is 3.53. The second kappa shape index (κ2) is 9.77. The summed E-state index contributed by atoms with van der Waals surface area (Å²) in [6.45, 7) is 14.4. The van der Waals surface area contributed by atoms with Crippen LogP contribution in [0.15, 0.2) is 48.5 Å². The van der Waals surface area contributed by atoms with E-state index in [1.165, 1.54) is 0 Å². The first-order valence-electron chi connectivity index (χ1n) is 15.6. The van der Waals surface area contributed by atoms with Crippen LogP contribution in [0.1, 0.15) is 74.6 Å². The number of hydrogen-bond donors (Lipinski definition) is 0. The van der Waals surface area contributed by atoms with Gasteiger partial charge in [-0.25, -0.2) is 13.2 Å². The molecule has 0 fully saturated rings. The molecule has 0 spiro atoms. The molecule has 234 valence electrons. The van der Waals surface area contributed by atoms with Crippen molar-refractivity contribution in [1.29, 1.82) is 0 Å². The zero-order valence-corrected chi connectivity index (χ0v) is 28.4. The number of aromatic nitrogens is 2. The number of ether oxygens (including phenoxy) is 1. The molecule has 45 heavy (non-hydrogen) atoms. The summed E-state index contributed by atoms with van der Waals surface area (Å²) in [5, 5.41) is 0.697. The van der Waals surface area contributed by atoms with Crippen molar-refractivity contribution in [2.75, 3.05) is 6.61 Å². The van der Waals surface area contributed by atoms with Gasteiger partial charge in [0.1, 0.15) is 5.88 Å². The van der Waals surface area contributed by atoms with Crippen molar-refractivity contribution in [2.24, 2.45) is 0 Å². The molecule has 11 heteroatoms. The molecule has 5 aromatic rings. The molecule has 2 aliphatic heterocycles. The lowest BCUT2D eigenvalue weighted by Crippen LogP contribution is -2.62. The second-order valence-electron chi connectivity index (χ2n) is 13.2. The molecule has 9 nitrogen and oxygen atoms in total. The highest BCUT2D eigenvalue weighted by molar-refractivity contribution is 7.91. The first kappa shape index (κ1) is 29.7. The Labute approximate surface area is 262 Å². The number of sulfone groups is 1. The van der Waals surface area contributed by atoms with Gasteiger partial charge in [-0.2, -0.15) is 0 Å². The van der Waals surface area contributed by atoms with Gasteiger partial charge in [0.15, 0.2) is 8.24 Å². The lowest BCUT2D eigenvalue weighted by atomic mass is 9.96. The van der Waals surface area contributed by atoms with Crippen LogP contribution in [0.2, 0.25) is 16.6 Å². The lowest BCUT2D eigenvalue weighted by Gasteiger charge is -2.48. The molecule has 0 bridgehead atoms. The van der Waals surface area contributed by atoms with E-state index >= 15 is 9.59 Å². The number of imide groups is 1. The van der Waals surface area contributed by atoms with Gasteiger partial charge < -0.3 is 18.4 Å². The fourth-order valence-electron chi connectivity index (χ4n) is 8.93. The fraction of sp³-hybridized carbons (Fsp3) is 0.382. The third-order valence-electron chi connectivity index (χ3n) is 10.2. The first-order valence-corrected chi connectivity index (χ1v) is 19.5. The minimum absolute atomic E-state index is 0.0102. The molecule has 1 atom stereocenters. The van der Waals surface area contributed by atoms with Crippen LogP contribution in [0.25, 0.3) is 43.6 Å². The van der Waals surface area contributed by atoms with Gasteiger partial charge in [-0.15, -0.1) is 0 Å². The van der Waals surface area contributed by atoms with Gasteiger partial charge in [0, 0.05) is 21.5 Å². The molecule has 4 heterocycles. The van der Waals surface area contributed by atoms with E-state index in [1.54, 1.807) is 32.8 Å². The summed E-state index contributed by atoms with van der Waals surface area (Å²) in [7, 11) is -7.02. The number of para-hydroxylation sites is 2. The topological polar surface area (TPSA) is 108 Å². The average molecular weight is 644 g/mol. The van der Waals surface area contributed by atoms with E-state index in [0.717, 1.165) is 0 Å². The van der Waals surface area contributed by atoms with Crippen molar-refractivity contribution in [3.8, 4) is 0 Å². The largest absolute Gasteiger partial charge is 0.464 e. The Balaban J connectivity index is 1.76. The molecule has 2 aliphatic rings. The Bertz CT molecular complexity index is 2220. The van der Waals surface area contributed by atoms with Crippen LogP contribution in [0.4, 0.5) is 0 Å². The zero-order chi connectivity index (χ0) is 32.3. The second-order valence-corrected chi connectivity index (χ2v) is 20.9. The Morgan fingerprint density at radius 2 is 1.31 bits per heavy atom. The number of carbonyl (C=O) groups is 3. The summed E-state index contributed by atoms with van der Waals surface area (Å²) < 4.78 is 38.8. The molecule has 3 aromatic carbocycles. The molecule has 7 rings (SSSR count). The van der Waals surface area contributed by atoms with Crippen LogP contribution in [-0.4, -0.2) is 54.7 Å². The standard InChI is InChI=1S/C34H37N3O6SSi/c1-8-43-34(40)33-36-24-16-12-10-14-22(24)26-28-27(31(38)37(32(28)39)45(18(2)3,19(4)5)20(6)7)25-21-13-9-11-15-23(21)35(17-44(33,41)42)29(25)30(26)36/h9-16,18-20,33H,8,17H2,1-7H3. The Hall–Kier alpha value is -3.96. The number of fused-ring (bicyclic) bond motifs is 9. The van der Waals surface area contributed by atoms with Crippen LogP contribution in [0.5, 0.6) is 0 Å². The number of esters is 1. The van der Waals surface area contributed by atoms with Gasteiger partial charge in [-0.05, 0) is 35.7 Å². The number of carbonyl (C=O) groups excluding carboxylic acids is 3. The average Bonchev–Trinajstić information content (AvgIpc) is 3.52. The maximum absolute atomic E-state index is 15.1. The van der Waals surface area contributed by atoms with Gasteiger partial charge in [0.05, 0.1) is 39.8 Å². The number of nitrogens with zero attached hydrogens (tertiary/aromatic N) is 3. The van der Waals surface area contributed by atoms with Crippen molar-refractivity contribution in [1.82, 2.24) is 13.7 Å². The first-order chi connectivity index (χ1) is 21.3. The van der Waals surface area contributed by atoms with Gasteiger partial charge in [0.25, 0.3) is 11.8 Å². The van der Waals surface area contributed by atoms with Crippen LogP contribution < -0.4 is 0 Å². The molecule has 0 radical (unpaired) electrons. The Morgan fingerprint density at radius 1 is 0.822 bits per heavy atom. The van der Waals surface area contributed by atoms with Crippen LogP contribution in [-0.2, 0) is 25.2 Å². The number of amides is 2. The smallest absolute Gasteiger partial charge is 0.345 e. The minimum Gasteiger partial charge on any atom is -0.464 e. The van der Waals surface area contributed by atoms with E-state index < -0.39 is 35.3 Å².